The molecule has 1 heterocycles. The molecule has 60 valence electrons. The van der Waals surface area contributed by atoms with Crippen molar-refractivity contribution in [2.75, 3.05) is 20.1 Å². The van der Waals surface area contributed by atoms with Crippen molar-refractivity contribution in [3.63, 3.8) is 0 Å². The van der Waals surface area contributed by atoms with Crippen LogP contribution in [0.5, 0.6) is 0 Å². The van der Waals surface area contributed by atoms with Crippen LogP contribution in [0.1, 0.15) is 19.3 Å². The average molecular weight is 143 g/mol. The molecule has 1 aliphatic heterocycles. The summed E-state index contributed by atoms with van der Waals surface area (Å²) in [4.78, 5) is 0. The smallest absolute Gasteiger partial charge is 0.0225 e. The van der Waals surface area contributed by atoms with Crippen LogP contribution in [0.3, 0.4) is 0 Å². The SMILES string of the molecule is CNCCC1CCCNN1. The van der Waals surface area contributed by atoms with Gasteiger partial charge in [0.05, 0.1) is 0 Å². The van der Waals surface area contributed by atoms with Crippen molar-refractivity contribution in [3.8, 4) is 0 Å². The fourth-order valence-electron chi connectivity index (χ4n) is 1.26. The van der Waals surface area contributed by atoms with Gasteiger partial charge in [-0.2, -0.15) is 0 Å². The maximum Gasteiger partial charge on any atom is 0.0225 e. The van der Waals surface area contributed by atoms with E-state index in [1.807, 2.05) is 7.05 Å². The second kappa shape index (κ2) is 4.66. The summed E-state index contributed by atoms with van der Waals surface area (Å²) >= 11 is 0. The topological polar surface area (TPSA) is 36.1 Å². The lowest BCUT2D eigenvalue weighted by Crippen LogP contribution is -2.46. The van der Waals surface area contributed by atoms with E-state index in [-0.39, 0.29) is 0 Å². The second-order valence-corrected chi connectivity index (χ2v) is 2.80. The molecule has 1 atom stereocenters. The van der Waals surface area contributed by atoms with Gasteiger partial charge < -0.3 is 5.32 Å². The maximum atomic E-state index is 3.26. The van der Waals surface area contributed by atoms with Gasteiger partial charge in [-0.1, -0.05) is 0 Å². The molecule has 0 saturated carbocycles. The molecular formula is C7H17N3. The summed E-state index contributed by atoms with van der Waals surface area (Å²) in [6, 6.07) is 0.682. The third kappa shape index (κ3) is 2.64. The van der Waals surface area contributed by atoms with Crippen molar-refractivity contribution in [1.29, 1.82) is 0 Å². The number of hydrogen-bond donors (Lipinski definition) is 3. The maximum absolute atomic E-state index is 3.26. The quantitative estimate of drug-likeness (QED) is 0.514. The first kappa shape index (κ1) is 7.98. The van der Waals surface area contributed by atoms with E-state index in [1.165, 1.54) is 19.3 Å². The lowest BCUT2D eigenvalue weighted by Gasteiger charge is -2.23. The molecule has 3 N–H and O–H groups in total. The van der Waals surface area contributed by atoms with Gasteiger partial charge in [-0.15, -0.1) is 0 Å². The van der Waals surface area contributed by atoms with Crippen LogP contribution in [0.25, 0.3) is 0 Å². The standard InChI is InChI=1S/C7H17N3/c1-8-6-4-7-3-2-5-9-10-7/h7-10H,2-6H2,1H3. The van der Waals surface area contributed by atoms with Crippen molar-refractivity contribution in [2.24, 2.45) is 0 Å². The molecular weight excluding hydrogens is 126 g/mol. The molecule has 0 aliphatic carbocycles. The summed E-state index contributed by atoms with van der Waals surface area (Å²) in [5.41, 5.74) is 6.43. The summed E-state index contributed by atoms with van der Waals surface area (Å²) in [6.07, 6.45) is 3.85. The fraction of sp³-hybridized carbons (Fsp3) is 1.00. The molecule has 1 fully saturated rings. The van der Waals surface area contributed by atoms with E-state index < -0.39 is 0 Å². The first-order valence-corrected chi connectivity index (χ1v) is 4.06. The highest BCUT2D eigenvalue weighted by Gasteiger charge is 2.10. The molecule has 0 radical (unpaired) electrons. The molecule has 3 heteroatoms. The lowest BCUT2D eigenvalue weighted by molar-refractivity contribution is 0.327. The van der Waals surface area contributed by atoms with E-state index in [9.17, 15) is 0 Å². The molecule has 1 rings (SSSR count). The highest BCUT2D eigenvalue weighted by atomic mass is 15.4. The Morgan fingerprint density at radius 3 is 3.10 bits per heavy atom. The predicted octanol–water partition coefficient (Wildman–Crippen LogP) is -0.147. The number of hydrazine groups is 1. The summed E-state index contributed by atoms with van der Waals surface area (Å²) in [5.74, 6) is 0. The second-order valence-electron chi connectivity index (χ2n) is 2.80. The molecule has 1 saturated heterocycles. The predicted molar refractivity (Wildman–Crippen MR) is 42.7 cm³/mol. The zero-order valence-electron chi connectivity index (χ0n) is 6.61. The third-order valence-corrected chi connectivity index (χ3v) is 1.90. The van der Waals surface area contributed by atoms with E-state index >= 15 is 0 Å². The van der Waals surface area contributed by atoms with E-state index in [1.54, 1.807) is 0 Å². The Morgan fingerprint density at radius 2 is 2.50 bits per heavy atom. The van der Waals surface area contributed by atoms with Crippen LogP contribution in [-0.4, -0.2) is 26.2 Å². The van der Waals surface area contributed by atoms with Crippen LogP contribution in [0.4, 0.5) is 0 Å². The highest BCUT2D eigenvalue weighted by Crippen LogP contribution is 2.02. The minimum atomic E-state index is 0.682. The summed E-state index contributed by atoms with van der Waals surface area (Å²) in [6.45, 7) is 2.23. The van der Waals surface area contributed by atoms with Crippen LogP contribution in [0.2, 0.25) is 0 Å². The van der Waals surface area contributed by atoms with Gasteiger partial charge in [-0.3, -0.25) is 10.9 Å². The molecule has 1 aliphatic rings. The molecule has 3 nitrogen and oxygen atoms in total. The Bertz CT molecular complexity index is 78.9. The molecule has 0 aromatic heterocycles. The normalized spacial score (nSPS) is 26.7. The van der Waals surface area contributed by atoms with Crippen LogP contribution in [-0.2, 0) is 0 Å². The Labute approximate surface area is 62.5 Å². The number of nitrogens with one attached hydrogen (secondary N) is 3. The van der Waals surface area contributed by atoms with Crippen LogP contribution in [0, 0.1) is 0 Å². The van der Waals surface area contributed by atoms with Crippen molar-refractivity contribution in [2.45, 2.75) is 25.3 Å². The van der Waals surface area contributed by atoms with Gasteiger partial charge in [-0.25, -0.2) is 0 Å². The summed E-state index contributed by atoms with van der Waals surface area (Å²) in [7, 11) is 2.00. The Morgan fingerprint density at radius 1 is 1.60 bits per heavy atom. The Kier molecular flexibility index (Phi) is 3.72. The highest BCUT2D eigenvalue weighted by molar-refractivity contribution is 4.69. The zero-order valence-corrected chi connectivity index (χ0v) is 6.61. The van der Waals surface area contributed by atoms with Crippen molar-refractivity contribution >= 4 is 0 Å². The Balaban J connectivity index is 2.02. The van der Waals surface area contributed by atoms with E-state index in [0.29, 0.717) is 6.04 Å². The molecule has 10 heavy (non-hydrogen) atoms. The zero-order chi connectivity index (χ0) is 7.23. The first-order chi connectivity index (χ1) is 4.93. The van der Waals surface area contributed by atoms with Gasteiger partial charge in [0.25, 0.3) is 0 Å². The largest absolute Gasteiger partial charge is 0.320 e. The molecule has 0 aromatic rings. The molecule has 0 aromatic carbocycles. The fourth-order valence-corrected chi connectivity index (χ4v) is 1.26. The monoisotopic (exact) mass is 143 g/mol. The van der Waals surface area contributed by atoms with Gasteiger partial charge in [0, 0.05) is 12.6 Å². The minimum Gasteiger partial charge on any atom is -0.320 e. The molecule has 1 unspecified atom stereocenters. The average Bonchev–Trinajstić information content (AvgIpc) is 2.03. The van der Waals surface area contributed by atoms with E-state index in [2.05, 4.69) is 16.2 Å². The van der Waals surface area contributed by atoms with Crippen LogP contribution in [0.15, 0.2) is 0 Å². The van der Waals surface area contributed by atoms with Crippen molar-refractivity contribution in [3.05, 3.63) is 0 Å². The van der Waals surface area contributed by atoms with Crippen molar-refractivity contribution < 1.29 is 0 Å². The van der Waals surface area contributed by atoms with Gasteiger partial charge in [0.15, 0.2) is 0 Å². The lowest BCUT2D eigenvalue weighted by atomic mass is 10.1. The van der Waals surface area contributed by atoms with E-state index in [4.69, 9.17) is 0 Å². The number of rotatable bonds is 3. The summed E-state index contributed by atoms with van der Waals surface area (Å²) < 4.78 is 0. The number of hydrogen-bond acceptors (Lipinski definition) is 3. The Hall–Kier alpha value is -0.120. The van der Waals surface area contributed by atoms with Crippen LogP contribution < -0.4 is 16.2 Å². The molecule has 0 bridgehead atoms. The molecule has 0 spiro atoms. The van der Waals surface area contributed by atoms with Crippen LogP contribution >= 0.6 is 0 Å². The van der Waals surface area contributed by atoms with Crippen molar-refractivity contribution in [1.82, 2.24) is 16.2 Å². The minimum absolute atomic E-state index is 0.682. The van der Waals surface area contributed by atoms with Gasteiger partial charge in [0.1, 0.15) is 0 Å². The summed E-state index contributed by atoms with van der Waals surface area (Å²) in [5, 5.41) is 3.15. The van der Waals surface area contributed by atoms with E-state index in [0.717, 1.165) is 13.1 Å². The van der Waals surface area contributed by atoms with Gasteiger partial charge >= 0.3 is 0 Å². The van der Waals surface area contributed by atoms with Gasteiger partial charge in [-0.05, 0) is 32.9 Å². The molecule has 0 amide bonds. The first-order valence-electron chi connectivity index (χ1n) is 4.06. The third-order valence-electron chi connectivity index (χ3n) is 1.90. The van der Waals surface area contributed by atoms with Gasteiger partial charge in [0.2, 0.25) is 0 Å².